The Balaban J connectivity index is 4.42. The van der Waals surface area contributed by atoms with Crippen molar-refractivity contribution in [3.05, 3.63) is 0 Å². The van der Waals surface area contributed by atoms with Crippen LogP contribution in [0.5, 0.6) is 0 Å². The molecule has 0 aliphatic heterocycles. The summed E-state index contributed by atoms with van der Waals surface area (Å²) in [6, 6.07) is -0.436. The maximum Gasteiger partial charge on any atom is 0.421 e. The zero-order chi connectivity index (χ0) is 12.1. The van der Waals surface area contributed by atoms with Crippen LogP contribution in [0.4, 0.5) is 4.79 Å². The van der Waals surface area contributed by atoms with Crippen LogP contribution >= 0.6 is 11.6 Å². The molecule has 0 aliphatic carbocycles. The van der Waals surface area contributed by atoms with E-state index < -0.39 is 22.3 Å². The summed E-state index contributed by atoms with van der Waals surface area (Å²) in [5.74, 6) is 0.149. The molecule has 15 heavy (non-hydrogen) atoms. The molecule has 0 aromatic rings. The molecule has 0 bridgehead atoms. The Morgan fingerprint density at radius 3 is 2.33 bits per heavy atom. The average Bonchev–Trinajstić information content (AvgIpc) is 2.13. The van der Waals surface area contributed by atoms with E-state index in [2.05, 4.69) is 9.46 Å². The lowest BCUT2D eigenvalue weighted by atomic mass is 10.1. The zero-order valence-electron chi connectivity index (χ0n) is 8.78. The number of carbonyl (C=O) groups excluding carboxylic acids is 1. The van der Waals surface area contributed by atoms with Crippen molar-refractivity contribution in [2.24, 2.45) is 5.92 Å². The largest absolute Gasteiger partial charge is 0.452 e. The number of nitrogens with one attached hydrogen (secondary N) is 2. The molecule has 8 heteroatoms. The number of amides is 1. The van der Waals surface area contributed by atoms with E-state index in [1.54, 1.807) is 4.72 Å². The highest BCUT2D eigenvalue weighted by Gasteiger charge is 2.21. The molecule has 2 N–H and O–H groups in total. The number of ether oxygens (including phenoxy) is 1. The molecule has 0 radical (unpaired) electrons. The topological polar surface area (TPSA) is 84.5 Å². The summed E-state index contributed by atoms with van der Waals surface area (Å²) in [5.41, 5.74) is 0. The fraction of sp³-hybridized carbons (Fsp3) is 0.857. The molecule has 0 aromatic heterocycles. The van der Waals surface area contributed by atoms with E-state index in [1.165, 1.54) is 0 Å². The van der Waals surface area contributed by atoms with Crippen LogP contribution in [0.3, 0.4) is 0 Å². The quantitative estimate of drug-likeness (QED) is 0.701. The molecule has 0 fully saturated rings. The van der Waals surface area contributed by atoms with Gasteiger partial charge in [0.1, 0.15) is 0 Å². The van der Waals surface area contributed by atoms with Gasteiger partial charge in [-0.25, -0.2) is 9.52 Å². The normalized spacial score (nSPS) is 13.7. The summed E-state index contributed by atoms with van der Waals surface area (Å²) >= 11 is 5.57. The van der Waals surface area contributed by atoms with Crippen LogP contribution in [0, 0.1) is 5.92 Å². The minimum absolute atomic E-state index is 0.0247. The number of halogens is 1. The predicted molar refractivity (Wildman–Crippen MR) is 56.9 cm³/mol. The number of hydrogen-bond acceptors (Lipinski definition) is 4. The third kappa shape index (κ3) is 5.81. The van der Waals surface area contributed by atoms with Gasteiger partial charge in [-0.3, -0.25) is 0 Å². The highest BCUT2D eigenvalue weighted by atomic mass is 35.5. The summed E-state index contributed by atoms with van der Waals surface area (Å²) in [6.45, 7) is 3.63. The molecule has 1 atom stereocenters. The lowest BCUT2D eigenvalue weighted by Crippen LogP contribution is -2.47. The summed E-state index contributed by atoms with van der Waals surface area (Å²) in [6.07, 6.45) is -1.04. The molecule has 0 aliphatic rings. The van der Waals surface area contributed by atoms with Gasteiger partial charge >= 0.3 is 16.3 Å². The second-order valence-electron chi connectivity index (χ2n) is 3.22. The van der Waals surface area contributed by atoms with Crippen molar-refractivity contribution in [2.75, 3.05) is 13.0 Å². The van der Waals surface area contributed by atoms with Crippen molar-refractivity contribution in [1.29, 1.82) is 0 Å². The molecule has 0 saturated carbocycles. The third-order valence-electron chi connectivity index (χ3n) is 1.68. The first-order valence-electron chi connectivity index (χ1n) is 4.26. The molecule has 0 rings (SSSR count). The molecule has 0 heterocycles. The summed E-state index contributed by atoms with van der Waals surface area (Å²) in [5, 5.41) is 0. The molecular weight excluding hydrogens is 244 g/mol. The van der Waals surface area contributed by atoms with E-state index in [-0.39, 0.29) is 11.8 Å². The second kappa shape index (κ2) is 6.14. The van der Waals surface area contributed by atoms with Gasteiger partial charge in [0.2, 0.25) is 0 Å². The van der Waals surface area contributed by atoms with Crippen molar-refractivity contribution in [3.8, 4) is 0 Å². The highest BCUT2D eigenvalue weighted by molar-refractivity contribution is 7.88. The van der Waals surface area contributed by atoms with Crippen LogP contribution in [0.1, 0.15) is 13.8 Å². The van der Waals surface area contributed by atoms with Crippen LogP contribution < -0.4 is 9.44 Å². The number of hydrogen-bond donors (Lipinski definition) is 2. The molecule has 0 aromatic carbocycles. The highest BCUT2D eigenvalue weighted by Crippen LogP contribution is 2.04. The van der Waals surface area contributed by atoms with Gasteiger partial charge < -0.3 is 4.74 Å². The zero-order valence-corrected chi connectivity index (χ0v) is 10.4. The van der Waals surface area contributed by atoms with Gasteiger partial charge in [-0.05, 0) is 5.92 Å². The molecule has 0 spiro atoms. The Morgan fingerprint density at radius 1 is 1.47 bits per heavy atom. The smallest absolute Gasteiger partial charge is 0.421 e. The van der Waals surface area contributed by atoms with Gasteiger partial charge in [-0.2, -0.15) is 13.1 Å². The lowest BCUT2D eigenvalue weighted by Gasteiger charge is -2.19. The van der Waals surface area contributed by atoms with E-state index in [4.69, 9.17) is 11.6 Å². The van der Waals surface area contributed by atoms with Gasteiger partial charge in [-0.15, -0.1) is 11.6 Å². The Morgan fingerprint density at radius 2 is 2.00 bits per heavy atom. The first-order chi connectivity index (χ1) is 6.82. The fourth-order valence-corrected chi connectivity index (χ4v) is 2.37. The first-order valence-corrected chi connectivity index (χ1v) is 6.28. The Labute approximate surface area is 94.5 Å². The van der Waals surface area contributed by atoms with Crippen LogP contribution in [0.15, 0.2) is 0 Å². The monoisotopic (exact) mass is 258 g/mol. The maximum atomic E-state index is 11.3. The van der Waals surface area contributed by atoms with Crippen LogP contribution in [0.25, 0.3) is 0 Å². The van der Waals surface area contributed by atoms with E-state index in [1.807, 2.05) is 13.8 Å². The molecule has 6 nitrogen and oxygen atoms in total. The van der Waals surface area contributed by atoms with Gasteiger partial charge in [0, 0.05) is 11.9 Å². The lowest BCUT2D eigenvalue weighted by molar-refractivity contribution is 0.177. The van der Waals surface area contributed by atoms with Crippen molar-refractivity contribution in [3.63, 3.8) is 0 Å². The van der Waals surface area contributed by atoms with E-state index >= 15 is 0 Å². The Kier molecular flexibility index (Phi) is 5.92. The fourth-order valence-electron chi connectivity index (χ4n) is 0.726. The first kappa shape index (κ1) is 14.5. The van der Waals surface area contributed by atoms with Crippen LogP contribution in [-0.4, -0.2) is 33.5 Å². The third-order valence-corrected chi connectivity index (χ3v) is 3.06. The summed E-state index contributed by atoms with van der Waals surface area (Å²) in [7, 11) is -2.83. The number of methoxy groups -OCH3 is 1. The summed E-state index contributed by atoms with van der Waals surface area (Å²) < 4.78 is 30.6. The maximum absolute atomic E-state index is 11.3. The molecule has 0 saturated heterocycles. The van der Waals surface area contributed by atoms with Crippen molar-refractivity contribution >= 4 is 27.9 Å². The van der Waals surface area contributed by atoms with Gasteiger partial charge in [-0.1, -0.05) is 13.8 Å². The van der Waals surface area contributed by atoms with Crippen LogP contribution in [0.2, 0.25) is 0 Å². The van der Waals surface area contributed by atoms with E-state index in [9.17, 15) is 13.2 Å². The van der Waals surface area contributed by atoms with E-state index in [0.717, 1.165) is 7.11 Å². The van der Waals surface area contributed by atoms with Crippen molar-refractivity contribution in [2.45, 2.75) is 19.9 Å². The van der Waals surface area contributed by atoms with Gasteiger partial charge in [0.15, 0.2) is 0 Å². The van der Waals surface area contributed by atoms with Gasteiger partial charge in [0.25, 0.3) is 0 Å². The number of carbonyl (C=O) groups is 1. The molecule has 90 valence electrons. The molecule has 1 unspecified atom stereocenters. The minimum atomic E-state index is -3.91. The SMILES string of the molecule is COC(=O)NS(=O)(=O)NC(CCl)C(C)C. The van der Waals surface area contributed by atoms with Crippen LogP contribution in [-0.2, 0) is 14.9 Å². The van der Waals surface area contributed by atoms with Crippen molar-refractivity contribution in [1.82, 2.24) is 9.44 Å². The molecular formula is C7H15ClN2O4S. The average molecular weight is 259 g/mol. The molecule has 1 amide bonds. The van der Waals surface area contributed by atoms with Crippen molar-refractivity contribution < 1.29 is 17.9 Å². The second-order valence-corrected chi connectivity index (χ2v) is 4.98. The van der Waals surface area contributed by atoms with E-state index in [0.29, 0.717) is 0 Å². The standard InChI is InChI=1S/C7H15ClN2O4S/c1-5(2)6(4-8)9-15(12,13)10-7(11)14-3/h5-6,9H,4H2,1-3H3,(H,10,11). The number of rotatable bonds is 5. The number of alkyl halides is 1. The predicted octanol–water partition coefficient (Wildman–Crippen LogP) is 0.440. The summed E-state index contributed by atoms with van der Waals surface area (Å²) in [4.78, 5) is 10.7. The Hall–Kier alpha value is -0.530. The van der Waals surface area contributed by atoms with Gasteiger partial charge in [0.05, 0.1) is 7.11 Å². The Bertz CT molecular complexity index is 304. The minimum Gasteiger partial charge on any atom is -0.452 e.